The Labute approximate surface area is 134 Å². The minimum absolute atomic E-state index is 0.0870. The minimum Gasteiger partial charge on any atom is -0.861 e. The Hall–Kier alpha value is -0.523. The molecule has 132 valence electrons. The second-order valence-corrected chi connectivity index (χ2v) is 10.8. The van der Waals surface area contributed by atoms with Gasteiger partial charge in [0.05, 0.1) is 33.4 Å². The molecule has 0 aliphatic rings. The van der Waals surface area contributed by atoms with E-state index in [1.807, 2.05) is 21.1 Å². The summed E-state index contributed by atoms with van der Waals surface area (Å²) in [5.41, 5.74) is 0. The first-order chi connectivity index (χ1) is 9.99. The SMILES string of the molecule is CO[Si](CC/C([O-])=N/S(=O)(=O)CCC[N+](C)(C)C)(OC)OC. The first kappa shape index (κ1) is 21.5. The second kappa shape index (κ2) is 8.94. The number of nitrogens with zero attached hydrogens (tertiary/aromatic N) is 2. The average molecular weight is 357 g/mol. The van der Waals surface area contributed by atoms with Crippen LogP contribution in [-0.4, -0.2) is 82.4 Å². The zero-order valence-corrected chi connectivity index (χ0v) is 16.1. The molecule has 0 aliphatic carbocycles. The van der Waals surface area contributed by atoms with Crippen molar-refractivity contribution in [2.24, 2.45) is 4.40 Å². The van der Waals surface area contributed by atoms with Crippen LogP contribution in [-0.2, 0) is 23.3 Å². The molecule has 0 unspecified atom stereocenters. The van der Waals surface area contributed by atoms with Crippen LogP contribution in [0.5, 0.6) is 0 Å². The Morgan fingerprint density at radius 2 is 1.64 bits per heavy atom. The Balaban J connectivity index is 4.57. The van der Waals surface area contributed by atoms with Gasteiger partial charge in [-0.15, -0.1) is 0 Å². The molecule has 0 heterocycles. The Kier molecular flexibility index (Phi) is 8.73. The summed E-state index contributed by atoms with van der Waals surface area (Å²) in [7, 11) is 3.60. The average Bonchev–Trinajstić information content (AvgIpc) is 2.38. The van der Waals surface area contributed by atoms with Crippen LogP contribution in [0.1, 0.15) is 12.8 Å². The maximum Gasteiger partial charge on any atom is 0.500 e. The number of hydrogen-bond acceptors (Lipinski definition) is 6. The van der Waals surface area contributed by atoms with Gasteiger partial charge in [-0.25, -0.2) is 8.42 Å². The van der Waals surface area contributed by atoms with E-state index in [0.717, 1.165) is 0 Å². The van der Waals surface area contributed by atoms with E-state index in [1.165, 1.54) is 21.3 Å². The molecule has 0 saturated carbocycles. The summed E-state index contributed by atoms with van der Waals surface area (Å²) >= 11 is 0. The number of rotatable bonds is 11. The minimum atomic E-state index is -3.73. The molecule has 22 heavy (non-hydrogen) atoms. The van der Waals surface area contributed by atoms with Crippen molar-refractivity contribution in [2.45, 2.75) is 18.9 Å². The number of quaternary nitrogens is 1. The van der Waals surface area contributed by atoms with Gasteiger partial charge in [0, 0.05) is 33.8 Å². The molecule has 8 nitrogen and oxygen atoms in total. The molecule has 0 atom stereocenters. The van der Waals surface area contributed by atoms with Crippen LogP contribution in [0, 0.1) is 0 Å². The summed E-state index contributed by atoms with van der Waals surface area (Å²) in [5, 5.41) is 11.7. The van der Waals surface area contributed by atoms with Crippen molar-refractivity contribution in [1.29, 1.82) is 0 Å². The molecule has 10 heteroatoms. The van der Waals surface area contributed by atoms with Crippen molar-refractivity contribution in [3.05, 3.63) is 0 Å². The maximum atomic E-state index is 11.8. The topological polar surface area (TPSA) is 97.2 Å². The molecule has 0 amide bonds. The van der Waals surface area contributed by atoms with Crippen LogP contribution in [0.3, 0.4) is 0 Å². The normalized spacial score (nSPS) is 14.4. The van der Waals surface area contributed by atoms with E-state index in [9.17, 15) is 13.5 Å². The third-order valence-electron chi connectivity index (χ3n) is 3.05. The molecule has 0 N–H and O–H groups in total. The summed E-state index contributed by atoms with van der Waals surface area (Å²) in [5.74, 6) is -0.830. The molecule has 0 aromatic rings. The predicted octanol–water partition coefficient (Wildman–Crippen LogP) is -0.560. The van der Waals surface area contributed by atoms with Crippen molar-refractivity contribution in [3.63, 3.8) is 0 Å². The van der Waals surface area contributed by atoms with Gasteiger partial charge in [-0.2, -0.15) is 4.40 Å². The fourth-order valence-electron chi connectivity index (χ4n) is 1.78. The third kappa shape index (κ3) is 8.81. The summed E-state index contributed by atoms with van der Waals surface area (Å²) in [4.78, 5) is 0. The fraction of sp³-hybridized carbons (Fsp3) is 0.917. The van der Waals surface area contributed by atoms with Gasteiger partial charge >= 0.3 is 8.80 Å². The Bertz CT molecular complexity index is 448. The maximum absolute atomic E-state index is 11.8. The highest BCUT2D eigenvalue weighted by molar-refractivity contribution is 7.90. The third-order valence-corrected chi connectivity index (χ3v) is 7.06. The highest BCUT2D eigenvalue weighted by Crippen LogP contribution is 2.15. The van der Waals surface area contributed by atoms with Crippen LogP contribution in [0.2, 0.25) is 6.04 Å². The molecule has 0 fully saturated rings. The standard InChI is InChI=1S/C12H28N2O6SSi/c1-14(2,3)9-7-10-21(16,17)13-12(15)8-11-22(18-4,19-5)20-6/h7-11H2,1-6H3. The first-order valence-corrected chi connectivity index (χ1v) is 10.5. The largest absolute Gasteiger partial charge is 0.861 e. The number of hydrogen-bond donors (Lipinski definition) is 0. The summed E-state index contributed by atoms with van der Waals surface area (Å²) in [6, 6.07) is 0.188. The van der Waals surface area contributed by atoms with Crippen molar-refractivity contribution < 1.29 is 31.3 Å². The molecule has 0 aromatic heterocycles. The van der Waals surface area contributed by atoms with E-state index in [4.69, 9.17) is 13.3 Å². The molecule has 0 aromatic carbocycles. The molecule has 0 bridgehead atoms. The van der Waals surface area contributed by atoms with Crippen molar-refractivity contribution in [2.75, 3.05) is 54.8 Å². The zero-order valence-electron chi connectivity index (χ0n) is 14.3. The molecule has 0 rings (SSSR count). The lowest BCUT2D eigenvalue weighted by molar-refractivity contribution is -0.870. The highest BCUT2D eigenvalue weighted by Gasteiger charge is 2.37. The van der Waals surface area contributed by atoms with Gasteiger partial charge in [-0.3, -0.25) is 0 Å². The van der Waals surface area contributed by atoms with Gasteiger partial charge in [-0.05, 0) is 12.3 Å². The van der Waals surface area contributed by atoms with Gasteiger partial charge in [0.25, 0.3) is 10.0 Å². The zero-order chi connectivity index (χ0) is 17.4. The van der Waals surface area contributed by atoms with E-state index in [1.54, 1.807) is 0 Å². The molecular weight excluding hydrogens is 328 g/mol. The predicted molar refractivity (Wildman–Crippen MR) is 84.9 cm³/mol. The van der Waals surface area contributed by atoms with Gasteiger partial charge in [0.2, 0.25) is 0 Å². The quantitative estimate of drug-likeness (QED) is 0.213. The van der Waals surface area contributed by atoms with E-state index in [-0.39, 0.29) is 18.2 Å². The lowest BCUT2D eigenvalue weighted by Crippen LogP contribution is -2.43. The Morgan fingerprint density at radius 3 is 2.05 bits per heavy atom. The Morgan fingerprint density at radius 1 is 1.14 bits per heavy atom. The monoisotopic (exact) mass is 356 g/mol. The van der Waals surface area contributed by atoms with Crippen LogP contribution >= 0.6 is 0 Å². The summed E-state index contributed by atoms with van der Waals surface area (Å²) in [6.45, 7) is 0.690. The first-order valence-electron chi connectivity index (χ1n) is 6.93. The van der Waals surface area contributed by atoms with Crippen LogP contribution in [0.4, 0.5) is 0 Å². The van der Waals surface area contributed by atoms with Crippen LogP contribution < -0.4 is 5.11 Å². The lowest BCUT2D eigenvalue weighted by atomic mass is 10.4. The van der Waals surface area contributed by atoms with Crippen molar-refractivity contribution >= 4 is 24.7 Å². The van der Waals surface area contributed by atoms with Crippen molar-refractivity contribution in [3.8, 4) is 0 Å². The fourth-order valence-corrected chi connectivity index (χ4v) is 4.40. The smallest absolute Gasteiger partial charge is 0.500 e. The summed E-state index contributed by atoms with van der Waals surface area (Å²) < 4.78 is 43.0. The van der Waals surface area contributed by atoms with Gasteiger partial charge < -0.3 is 22.9 Å². The lowest BCUT2D eigenvalue weighted by Gasteiger charge is -2.25. The summed E-state index contributed by atoms with van der Waals surface area (Å²) in [6.07, 6.45) is 0.367. The second-order valence-electron chi connectivity index (χ2n) is 5.93. The number of sulfonamides is 1. The van der Waals surface area contributed by atoms with E-state index in [2.05, 4.69) is 4.40 Å². The molecular formula is C12H28N2O6SSi. The molecule has 0 spiro atoms. The van der Waals surface area contributed by atoms with Crippen LogP contribution in [0.25, 0.3) is 0 Å². The molecule has 0 aliphatic heterocycles. The van der Waals surface area contributed by atoms with Gasteiger partial charge in [0.1, 0.15) is 0 Å². The van der Waals surface area contributed by atoms with Crippen molar-refractivity contribution in [1.82, 2.24) is 0 Å². The van der Waals surface area contributed by atoms with E-state index >= 15 is 0 Å². The highest BCUT2D eigenvalue weighted by atomic mass is 32.2. The van der Waals surface area contributed by atoms with Crippen LogP contribution in [0.15, 0.2) is 4.40 Å². The molecule has 0 radical (unpaired) electrons. The van der Waals surface area contributed by atoms with Gasteiger partial charge in [-0.1, -0.05) is 0 Å². The van der Waals surface area contributed by atoms with E-state index in [0.29, 0.717) is 17.4 Å². The van der Waals surface area contributed by atoms with E-state index < -0.39 is 24.7 Å². The molecule has 0 saturated heterocycles. The van der Waals surface area contributed by atoms with Gasteiger partial charge in [0.15, 0.2) is 0 Å².